The molecule has 1 aromatic rings. The normalized spacial score (nSPS) is 13.4. The molecule has 0 bridgehead atoms. The van der Waals surface area contributed by atoms with Gasteiger partial charge in [-0.2, -0.15) is 0 Å². The summed E-state index contributed by atoms with van der Waals surface area (Å²) in [4.78, 5) is 31.6. The highest BCUT2D eigenvalue weighted by molar-refractivity contribution is 5.76. The Morgan fingerprint density at radius 2 is 1.30 bits per heavy atom. The van der Waals surface area contributed by atoms with Gasteiger partial charge in [-0.05, 0) is 25.3 Å². The lowest BCUT2D eigenvalue weighted by Gasteiger charge is -2.22. The highest BCUT2D eigenvalue weighted by Crippen LogP contribution is 2.15. The van der Waals surface area contributed by atoms with Crippen molar-refractivity contribution in [3.05, 3.63) is 33.0 Å². The van der Waals surface area contributed by atoms with Gasteiger partial charge < -0.3 is 20.8 Å². The molecule has 0 spiro atoms. The molecule has 0 radical (unpaired) electrons. The average molecular weight is 660 g/mol. The number of aliphatic hydroxyl groups excluding tert-OH is 2. The van der Waals surface area contributed by atoms with E-state index in [0.29, 0.717) is 23.6 Å². The van der Waals surface area contributed by atoms with Gasteiger partial charge in [0.2, 0.25) is 5.91 Å². The molecule has 1 aliphatic rings. The number of benzene rings is 1. The molecule has 10 nitrogen and oxygen atoms in total. The van der Waals surface area contributed by atoms with E-state index >= 15 is 0 Å². The van der Waals surface area contributed by atoms with E-state index in [1.807, 2.05) is 0 Å². The zero-order valence-electron chi connectivity index (χ0n) is 29.4. The van der Waals surface area contributed by atoms with E-state index < -0.39 is 17.1 Å². The number of fused-ring (bicyclic) bond motifs is 1. The highest BCUT2D eigenvalue weighted by atomic mass is 16.6. The van der Waals surface area contributed by atoms with Crippen LogP contribution >= 0.6 is 0 Å². The Labute approximate surface area is 283 Å². The molecule has 10 heteroatoms. The number of anilines is 1. The van der Waals surface area contributed by atoms with Gasteiger partial charge >= 0.3 is 0 Å². The minimum atomic E-state index is -0.693. The summed E-state index contributed by atoms with van der Waals surface area (Å²) in [5.41, 5.74) is 0.824. The summed E-state index contributed by atoms with van der Waals surface area (Å²) in [5, 5.41) is 38.6. The molecular weight excluding hydrogens is 594 g/mol. The lowest BCUT2D eigenvalue weighted by atomic mass is 10.0. The maximum Gasteiger partial charge on any atom is 0.296 e. The van der Waals surface area contributed by atoms with Crippen LogP contribution in [-0.4, -0.2) is 53.0 Å². The number of nitrogens with zero attached hydrogens (tertiary/aromatic N) is 3. The summed E-state index contributed by atoms with van der Waals surface area (Å²) in [7, 11) is 0. The van der Waals surface area contributed by atoms with Gasteiger partial charge in [0.05, 0.1) is 29.4 Å². The third-order valence-corrected chi connectivity index (χ3v) is 9.29. The molecule has 0 aliphatic carbocycles. The van der Waals surface area contributed by atoms with E-state index in [-0.39, 0.29) is 24.9 Å². The predicted molar refractivity (Wildman–Crippen MR) is 190 cm³/mol. The number of nitro groups is 1. The number of carbonyl (C=O) groups excluding carboxylic acids is 1. The number of hydrogen-bond acceptors (Lipinski definition) is 8. The number of rotatable bonds is 31. The first kappa shape index (κ1) is 40.6. The molecule has 0 saturated heterocycles. The quantitative estimate of drug-likeness (QED) is 0.0370. The third kappa shape index (κ3) is 17.9. The van der Waals surface area contributed by atoms with Gasteiger partial charge in [-0.3, -0.25) is 24.9 Å². The zero-order valence-corrected chi connectivity index (χ0v) is 29.4. The second-order valence-corrected chi connectivity index (χ2v) is 13.4. The molecule has 268 valence electrons. The number of nitro benzene ring substituents is 1. The second-order valence-electron chi connectivity index (χ2n) is 13.4. The minimum Gasteiger partial charge on any atom is -0.394 e. The van der Waals surface area contributed by atoms with Gasteiger partial charge in [0.25, 0.3) is 5.69 Å². The van der Waals surface area contributed by atoms with Crippen molar-refractivity contribution in [1.82, 2.24) is 5.32 Å². The summed E-state index contributed by atoms with van der Waals surface area (Å²) in [6.07, 6.45) is 26.9. The number of carbonyl (C=O) groups is 1. The molecule has 1 amide bonds. The third-order valence-electron chi connectivity index (χ3n) is 9.29. The smallest absolute Gasteiger partial charge is 0.296 e. The molecule has 1 aliphatic heterocycles. The Hall–Kier alpha value is -2.59. The topological polar surface area (TPSA) is 149 Å². The molecule has 2 unspecified atom stereocenters. The van der Waals surface area contributed by atoms with Crippen LogP contribution in [0.1, 0.15) is 161 Å². The fourth-order valence-corrected chi connectivity index (χ4v) is 6.34. The molecule has 1 heterocycles. The van der Waals surface area contributed by atoms with E-state index in [2.05, 4.69) is 27.5 Å². The Morgan fingerprint density at radius 3 is 1.85 bits per heavy atom. The molecule has 0 saturated carbocycles. The predicted octanol–water partition coefficient (Wildman–Crippen LogP) is 7.44. The van der Waals surface area contributed by atoms with Crippen molar-refractivity contribution < 1.29 is 19.9 Å². The number of hydrogen-bond donors (Lipinski definition) is 4. The summed E-state index contributed by atoms with van der Waals surface area (Å²) >= 11 is 0. The molecule has 47 heavy (non-hydrogen) atoms. The average Bonchev–Trinajstić information content (AvgIpc) is 3.56. The van der Waals surface area contributed by atoms with Crippen molar-refractivity contribution in [3.63, 3.8) is 0 Å². The molecule has 4 N–H and O–H groups in total. The fourth-order valence-electron chi connectivity index (χ4n) is 6.34. The number of unbranched alkanes of at least 4 members (excludes halogenated alkanes) is 20. The van der Waals surface area contributed by atoms with E-state index in [0.717, 1.165) is 63.6 Å². The number of aliphatic hydroxyl groups is 2. The van der Waals surface area contributed by atoms with E-state index in [1.165, 1.54) is 96.0 Å². The SMILES string of the molecule is CCCCCCCCCCCCCCCC(O)C(CO)NC(=O)CCCCCCCCCCCNc1ccc([N+](=O)[O-])c2c1=NCN=2. The second kappa shape index (κ2) is 26.4. The zero-order chi connectivity index (χ0) is 34.0. The number of non-ortho nitro benzene ring substituents is 1. The van der Waals surface area contributed by atoms with Crippen LogP contribution in [0.15, 0.2) is 22.1 Å². The molecule has 2 atom stereocenters. The molecular formula is C37H65N5O5. The van der Waals surface area contributed by atoms with Crippen molar-refractivity contribution in [1.29, 1.82) is 0 Å². The number of amides is 1. The molecule has 0 fully saturated rings. The van der Waals surface area contributed by atoms with Crippen LogP contribution in [-0.2, 0) is 4.79 Å². The van der Waals surface area contributed by atoms with Crippen LogP contribution in [0.3, 0.4) is 0 Å². The fraction of sp³-hybridized carbons (Fsp3) is 0.811. The first-order valence-corrected chi connectivity index (χ1v) is 19.0. The van der Waals surface area contributed by atoms with Crippen molar-refractivity contribution in [2.24, 2.45) is 9.98 Å². The molecule has 1 aromatic carbocycles. The standard InChI is InChI=1S/C37H65N5O5/c1-2-3-4-5-6-7-8-9-10-12-15-18-21-24-34(44)32(29-43)41-35(45)25-22-19-16-13-11-14-17-20-23-28-38-31-26-27-33(42(46)47)37-36(31)39-30-40-37/h26-27,32,34,38,43-44H,2-25,28-30H2,1H3,(H,41,45). The Bertz CT molecular complexity index is 1120. The van der Waals surface area contributed by atoms with Crippen LogP contribution in [0.25, 0.3) is 0 Å². The van der Waals surface area contributed by atoms with E-state index in [4.69, 9.17) is 0 Å². The maximum absolute atomic E-state index is 12.4. The highest BCUT2D eigenvalue weighted by Gasteiger charge is 2.20. The van der Waals surface area contributed by atoms with Gasteiger partial charge in [-0.1, -0.05) is 135 Å². The van der Waals surface area contributed by atoms with Gasteiger partial charge in [-0.25, -0.2) is 0 Å². The van der Waals surface area contributed by atoms with E-state index in [9.17, 15) is 25.1 Å². The lowest BCUT2D eigenvalue weighted by molar-refractivity contribution is -0.386. The summed E-state index contributed by atoms with van der Waals surface area (Å²) in [6, 6.07) is 2.65. The van der Waals surface area contributed by atoms with Crippen molar-refractivity contribution >= 4 is 17.3 Å². The number of nitrogens with one attached hydrogen (secondary N) is 2. The lowest BCUT2D eigenvalue weighted by Crippen LogP contribution is -2.45. The summed E-state index contributed by atoms with van der Waals surface area (Å²) in [6.45, 7) is 3.08. The first-order chi connectivity index (χ1) is 23.0. The summed E-state index contributed by atoms with van der Waals surface area (Å²) in [5.74, 6) is -0.0798. The Balaban J connectivity index is 1.38. The van der Waals surface area contributed by atoms with Gasteiger partial charge in [0.15, 0.2) is 5.36 Å². The largest absolute Gasteiger partial charge is 0.394 e. The molecule has 0 aromatic heterocycles. The Morgan fingerprint density at radius 1 is 0.787 bits per heavy atom. The first-order valence-electron chi connectivity index (χ1n) is 19.0. The van der Waals surface area contributed by atoms with Crippen LogP contribution in [0.2, 0.25) is 0 Å². The van der Waals surface area contributed by atoms with Gasteiger partial charge in [0, 0.05) is 19.0 Å². The minimum absolute atomic E-state index is 0.0100. The van der Waals surface area contributed by atoms with Crippen LogP contribution in [0, 0.1) is 10.1 Å². The maximum atomic E-state index is 12.4. The summed E-state index contributed by atoms with van der Waals surface area (Å²) < 4.78 is 0. The van der Waals surface area contributed by atoms with Crippen molar-refractivity contribution in [2.75, 3.05) is 25.1 Å². The molecule has 2 rings (SSSR count). The van der Waals surface area contributed by atoms with Gasteiger partial charge in [0.1, 0.15) is 12.0 Å². The van der Waals surface area contributed by atoms with Crippen molar-refractivity contribution in [3.8, 4) is 0 Å². The van der Waals surface area contributed by atoms with Crippen molar-refractivity contribution in [2.45, 2.75) is 173 Å². The van der Waals surface area contributed by atoms with Gasteiger partial charge in [-0.15, -0.1) is 0 Å². The monoisotopic (exact) mass is 659 g/mol. The Kier molecular flexibility index (Phi) is 22.8. The van der Waals surface area contributed by atoms with E-state index in [1.54, 1.807) is 6.07 Å². The van der Waals surface area contributed by atoms with Crippen LogP contribution < -0.4 is 21.3 Å². The van der Waals surface area contributed by atoms with Crippen LogP contribution in [0.5, 0.6) is 0 Å². The van der Waals surface area contributed by atoms with Crippen LogP contribution in [0.4, 0.5) is 11.4 Å².